The lowest BCUT2D eigenvalue weighted by atomic mass is 9.99. The Bertz CT molecular complexity index is 391. The predicted molar refractivity (Wildman–Crippen MR) is 95.5 cm³/mol. The predicted octanol–water partition coefficient (Wildman–Crippen LogP) is 4.37. The molecule has 122 valence electrons. The average Bonchev–Trinajstić information content (AvgIpc) is 2.43. The van der Waals surface area contributed by atoms with Gasteiger partial charge in [0.05, 0.1) is 10.0 Å². The summed E-state index contributed by atoms with van der Waals surface area (Å²) in [5, 5.41) is 4.76. The van der Waals surface area contributed by atoms with Crippen LogP contribution >= 0.6 is 48.0 Å². The zero-order chi connectivity index (χ0) is 13.7. The van der Waals surface area contributed by atoms with Crippen molar-refractivity contribution in [2.45, 2.75) is 32.2 Å². The van der Waals surface area contributed by atoms with Gasteiger partial charge in [0.2, 0.25) is 0 Å². The maximum atomic E-state index is 6.33. The molecule has 1 aromatic rings. The fourth-order valence-electron chi connectivity index (χ4n) is 2.64. The monoisotopic (exact) mass is 373 g/mol. The number of pyridine rings is 1. The van der Waals surface area contributed by atoms with Crippen LogP contribution in [-0.4, -0.2) is 36.1 Å². The molecule has 0 unspecified atom stereocenters. The zero-order valence-corrected chi connectivity index (χ0v) is 15.3. The molecule has 0 bridgehead atoms. The lowest BCUT2D eigenvalue weighted by molar-refractivity contribution is 0.163. The van der Waals surface area contributed by atoms with Crippen molar-refractivity contribution in [2.24, 2.45) is 0 Å². The second kappa shape index (κ2) is 10.9. The van der Waals surface area contributed by atoms with E-state index in [1.54, 1.807) is 12.4 Å². The Hall–Kier alpha value is 0.230. The van der Waals surface area contributed by atoms with E-state index in [1.165, 1.54) is 12.8 Å². The van der Waals surface area contributed by atoms with Gasteiger partial charge in [-0.15, -0.1) is 24.8 Å². The molecular weight excluding hydrogens is 352 g/mol. The highest BCUT2D eigenvalue weighted by atomic mass is 35.5. The van der Waals surface area contributed by atoms with Crippen molar-refractivity contribution in [2.75, 3.05) is 26.2 Å². The standard InChI is InChI=1S/C14H21Cl2N3.2ClH/c1-2-3-4-13(19-7-5-17-6-8-19)14-11(15)9-18-10-12(14)16;;/h9-10,13,17H,2-8H2,1H3;2*1H/t13-;;/m0../s1. The first kappa shape index (κ1) is 21.2. The van der Waals surface area contributed by atoms with Gasteiger partial charge in [0.1, 0.15) is 0 Å². The van der Waals surface area contributed by atoms with E-state index in [0.29, 0.717) is 16.1 Å². The number of aromatic nitrogens is 1. The molecule has 2 heterocycles. The summed E-state index contributed by atoms with van der Waals surface area (Å²) in [7, 11) is 0. The lowest BCUT2D eigenvalue weighted by Gasteiger charge is -2.36. The van der Waals surface area contributed by atoms with Gasteiger partial charge >= 0.3 is 0 Å². The molecule has 1 atom stereocenters. The van der Waals surface area contributed by atoms with Crippen LogP contribution in [0.15, 0.2) is 12.4 Å². The number of rotatable bonds is 5. The summed E-state index contributed by atoms with van der Waals surface area (Å²) in [6.07, 6.45) is 6.86. The van der Waals surface area contributed by atoms with Gasteiger partial charge in [-0.25, -0.2) is 0 Å². The number of hydrogen-bond donors (Lipinski definition) is 1. The maximum absolute atomic E-state index is 6.33. The molecule has 0 aromatic carbocycles. The first-order chi connectivity index (χ1) is 9.24. The highest BCUT2D eigenvalue weighted by molar-refractivity contribution is 6.35. The first-order valence-corrected chi connectivity index (χ1v) is 7.73. The van der Waals surface area contributed by atoms with Crippen molar-refractivity contribution in [3.8, 4) is 0 Å². The molecule has 1 N–H and O–H groups in total. The smallest absolute Gasteiger partial charge is 0.0652 e. The fraction of sp³-hybridized carbons (Fsp3) is 0.643. The molecule has 0 aliphatic carbocycles. The van der Waals surface area contributed by atoms with Crippen molar-refractivity contribution in [3.05, 3.63) is 28.0 Å². The van der Waals surface area contributed by atoms with Crippen molar-refractivity contribution in [1.29, 1.82) is 0 Å². The van der Waals surface area contributed by atoms with Crippen LogP contribution in [-0.2, 0) is 0 Å². The summed E-state index contributed by atoms with van der Waals surface area (Å²) in [4.78, 5) is 6.54. The van der Waals surface area contributed by atoms with E-state index in [1.807, 2.05) is 0 Å². The van der Waals surface area contributed by atoms with E-state index in [0.717, 1.165) is 38.2 Å². The molecule has 1 aliphatic rings. The van der Waals surface area contributed by atoms with Crippen molar-refractivity contribution in [1.82, 2.24) is 15.2 Å². The number of unbranched alkanes of at least 4 members (excludes halogenated alkanes) is 1. The molecule has 0 amide bonds. The highest BCUT2D eigenvalue weighted by Crippen LogP contribution is 2.36. The molecule has 3 nitrogen and oxygen atoms in total. The Morgan fingerprint density at radius 2 is 1.76 bits per heavy atom. The lowest BCUT2D eigenvalue weighted by Crippen LogP contribution is -2.45. The Balaban J connectivity index is 0.00000200. The third-order valence-corrected chi connectivity index (χ3v) is 4.25. The Morgan fingerprint density at radius 1 is 1.19 bits per heavy atom. The van der Waals surface area contributed by atoms with Crippen LogP contribution in [0.5, 0.6) is 0 Å². The molecular formula is C14H23Cl4N3. The Labute approximate surface area is 149 Å². The third kappa shape index (κ3) is 5.74. The molecule has 0 saturated carbocycles. The van der Waals surface area contributed by atoms with E-state index in [2.05, 4.69) is 22.1 Å². The number of nitrogens with one attached hydrogen (secondary N) is 1. The van der Waals surface area contributed by atoms with Gasteiger partial charge in [-0.05, 0) is 6.42 Å². The molecule has 1 aromatic heterocycles. The minimum atomic E-state index is 0. The summed E-state index contributed by atoms with van der Waals surface area (Å²) in [6.45, 7) is 6.36. The number of halogens is 4. The normalized spacial score (nSPS) is 16.7. The summed E-state index contributed by atoms with van der Waals surface area (Å²) < 4.78 is 0. The molecule has 1 saturated heterocycles. The Morgan fingerprint density at radius 3 is 2.29 bits per heavy atom. The topological polar surface area (TPSA) is 28.2 Å². The summed E-state index contributed by atoms with van der Waals surface area (Å²) in [5.74, 6) is 0. The van der Waals surface area contributed by atoms with Crippen LogP contribution in [0.4, 0.5) is 0 Å². The van der Waals surface area contributed by atoms with Gasteiger partial charge in [-0.3, -0.25) is 9.88 Å². The van der Waals surface area contributed by atoms with E-state index in [9.17, 15) is 0 Å². The van der Waals surface area contributed by atoms with Crippen molar-refractivity contribution >= 4 is 48.0 Å². The quantitative estimate of drug-likeness (QED) is 0.829. The van der Waals surface area contributed by atoms with Crippen LogP contribution < -0.4 is 5.32 Å². The van der Waals surface area contributed by atoms with Gasteiger partial charge in [0, 0.05) is 50.2 Å². The molecule has 1 fully saturated rings. The minimum absolute atomic E-state index is 0. The highest BCUT2D eigenvalue weighted by Gasteiger charge is 2.25. The maximum Gasteiger partial charge on any atom is 0.0652 e. The van der Waals surface area contributed by atoms with Gasteiger partial charge in [0.25, 0.3) is 0 Å². The zero-order valence-electron chi connectivity index (χ0n) is 12.1. The van der Waals surface area contributed by atoms with Crippen LogP contribution in [0, 0.1) is 0 Å². The second-order valence-corrected chi connectivity index (χ2v) is 5.78. The van der Waals surface area contributed by atoms with Crippen LogP contribution in [0.1, 0.15) is 37.8 Å². The summed E-state index contributed by atoms with van der Waals surface area (Å²) in [6, 6.07) is 0.310. The van der Waals surface area contributed by atoms with Gasteiger partial charge in [0.15, 0.2) is 0 Å². The van der Waals surface area contributed by atoms with Gasteiger partial charge in [-0.1, -0.05) is 43.0 Å². The first-order valence-electron chi connectivity index (χ1n) is 6.97. The van der Waals surface area contributed by atoms with Crippen molar-refractivity contribution < 1.29 is 0 Å². The van der Waals surface area contributed by atoms with Crippen molar-refractivity contribution in [3.63, 3.8) is 0 Å². The average molecular weight is 375 g/mol. The van der Waals surface area contributed by atoms with E-state index in [4.69, 9.17) is 23.2 Å². The van der Waals surface area contributed by atoms with Crippen LogP contribution in [0.3, 0.4) is 0 Å². The van der Waals surface area contributed by atoms with Crippen LogP contribution in [0.2, 0.25) is 10.0 Å². The van der Waals surface area contributed by atoms with Gasteiger partial charge < -0.3 is 5.32 Å². The largest absolute Gasteiger partial charge is 0.314 e. The molecule has 7 heteroatoms. The molecule has 2 rings (SSSR count). The summed E-state index contributed by atoms with van der Waals surface area (Å²) >= 11 is 12.7. The SMILES string of the molecule is CCCC[C@@H](c1c(Cl)cncc1Cl)N1CCNCC1.Cl.Cl. The number of hydrogen-bond acceptors (Lipinski definition) is 3. The molecule has 0 spiro atoms. The molecule has 21 heavy (non-hydrogen) atoms. The van der Waals surface area contributed by atoms with E-state index >= 15 is 0 Å². The van der Waals surface area contributed by atoms with Gasteiger partial charge in [-0.2, -0.15) is 0 Å². The third-order valence-electron chi connectivity index (χ3n) is 3.65. The second-order valence-electron chi connectivity index (χ2n) is 4.96. The summed E-state index contributed by atoms with van der Waals surface area (Å²) in [5.41, 5.74) is 1.05. The van der Waals surface area contributed by atoms with Crippen LogP contribution in [0.25, 0.3) is 0 Å². The van der Waals surface area contributed by atoms with E-state index in [-0.39, 0.29) is 24.8 Å². The Kier molecular flexibility index (Phi) is 11.0. The molecule has 0 radical (unpaired) electrons. The molecule has 1 aliphatic heterocycles. The minimum Gasteiger partial charge on any atom is -0.314 e. The van der Waals surface area contributed by atoms with E-state index < -0.39 is 0 Å². The number of nitrogens with zero attached hydrogens (tertiary/aromatic N) is 2. The number of piperazine rings is 1. The fourth-order valence-corrected chi connectivity index (χ4v) is 3.26.